The van der Waals surface area contributed by atoms with E-state index in [2.05, 4.69) is 9.71 Å². The van der Waals surface area contributed by atoms with E-state index in [0.717, 1.165) is 11.3 Å². The number of halogens is 1. The van der Waals surface area contributed by atoms with Crippen molar-refractivity contribution in [3.63, 3.8) is 0 Å². The Morgan fingerprint density at radius 1 is 1.07 bits per heavy atom. The number of anilines is 1. The molecule has 0 aliphatic carbocycles. The Hall–Kier alpha value is -2.55. The number of thiophene rings is 1. The van der Waals surface area contributed by atoms with Crippen molar-refractivity contribution in [2.45, 2.75) is 4.21 Å². The summed E-state index contributed by atoms with van der Waals surface area (Å²) in [6, 6.07) is 15.3. The first-order valence-electron chi connectivity index (χ1n) is 7.83. The Morgan fingerprint density at radius 2 is 1.89 bits per heavy atom. The van der Waals surface area contributed by atoms with E-state index in [0.29, 0.717) is 27.8 Å². The van der Waals surface area contributed by atoms with Gasteiger partial charge in [0, 0.05) is 17.3 Å². The van der Waals surface area contributed by atoms with Crippen LogP contribution in [0.15, 0.2) is 68.6 Å². The van der Waals surface area contributed by atoms with Crippen LogP contribution in [0.3, 0.4) is 0 Å². The molecule has 0 radical (unpaired) electrons. The number of hydrogen-bond acceptors (Lipinski definition) is 5. The molecule has 1 aliphatic heterocycles. The fourth-order valence-electron chi connectivity index (χ4n) is 2.48. The molecule has 27 heavy (non-hydrogen) atoms. The SMILES string of the molecule is O=S(=O)(/N=C(/Nc1ccc2c(c1)OCO2)c1ccccc1Cl)c1cccs1. The molecule has 138 valence electrons. The molecule has 0 fully saturated rings. The molecule has 0 spiro atoms. The molecule has 0 saturated heterocycles. The summed E-state index contributed by atoms with van der Waals surface area (Å²) < 4.78 is 40.1. The standard InChI is InChI=1S/C18H13ClN2O4S2/c19-14-5-2-1-4-13(14)18(21-27(22,23)17-6-3-9-26-17)20-12-7-8-15-16(10-12)25-11-24-15/h1-10H,11H2,(H,20,21). The van der Waals surface area contributed by atoms with Gasteiger partial charge in [0.2, 0.25) is 6.79 Å². The molecule has 9 heteroatoms. The molecule has 0 unspecified atom stereocenters. The van der Waals surface area contributed by atoms with Crippen LogP contribution in [-0.2, 0) is 10.0 Å². The average molecular weight is 421 g/mol. The second-order valence-corrected chi connectivity index (χ2v) is 8.71. The van der Waals surface area contributed by atoms with Crippen molar-refractivity contribution in [3.8, 4) is 11.5 Å². The van der Waals surface area contributed by atoms with Crippen molar-refractivity contribution >= 4 is 44.5 Å². The van der Waals surface area contributed by atoms with Crippen molar-refractivity contribution in [2.75, 3.05) is 12.1 Å². The minimum absolute atomic E-state index is 0.118. The van der Waals surface area contributed by atoms with Gasteiger partial charge in [-0.1, -0.05) is 29.8 Å². The van der Waals surface area contributed by atoms with Gasteiger partial charge in [-0.05, 0) is 35.7 Å². The fraction of sp³-hybridized carbons (Fsp3) is 0.0556. The van der Waals surface area contributed by atoms with E-state index < -0.39 is 10.0 Å². The van der Waals surface area contributed by atoms with Gasteiger partial charge in [0.05, 0.1) is 5.02 Å². The number of nitrogens with one attached hydrogen (secondary N) is 1. The first-order valence-corrected chi connectivity index (χ1v) is 10.5. The van der Waals surface area contributed by atoms with Gasteiger partial charge in [-0.3, -0.25) is 0 Å². The third kappa shape index (κ3) is 3.78. The molecule has 6 nitrogen and oxygen atoms in total. The van der Waals surface area contributed by atoms with E-state index >= 15 is 0 Å². The van der Waals surface area contributed by atoms with Crippen LogP contribution in [0.1, 0.15) is 5.56 Å². The summed E-state index contributed by atoms with van der Waals surface area (Å²) in [4.78, 5) is 0. The number of rotatable bonds is 4. The van der Waals surface area contributed by atoms with Crippen LogP contribution in [0, 0.1) is 0 Å². The molecule has 0 atom stereocenters. The second kappa shape index (κ2) is 7.22. The summed E-state index contributed by atoms with van der Waals surface area (Å²) in [7, 11) is -3.88. The van der Waals surface area contributed by atoms with E-state index in [4.69, 9.17) is 21.1 Å². The van der Waals surface area contributed by atoms with E-state index in [1.807, 2.05) is 0 Å². The van der Waals surface area contributed by atoms with Crippen LogP contribution in [0.5, 0.6) is 11.5 Å². The lowest BCUT2D eigenvalue weighted by molar-refractivity contribution is 0.174. The molecule has 2 aromatic carbocycles. The lowest BCUT2D eigenvalue weighted by Crippen LogP contribution is -2.16. The quantitative estimate of drug-likeness (QED) is 0.500. The molecular formula is C18H13ClN2O4S2. The third-order valence-electron chi connectivity index (χ3n) is 3.73. The highest BCUT2D eigenvalue weighted by molar-refractivity contribution is 7.92. The minimum atomic E-state index is -3.88. The van der Waals surface area contributed by atoms with Crippen molar-refractivity contribution < 1.29 is 17.9 Å². The normalized spacial score (nSPS) is 13.6. The lowest BCUT2D eigenvalue weighted by Gasteiger charge is -2.12. The summed E-state index contributed by atoms with van der Waals surface area (Å²) in [5, 5.41) is 5.10. The largest absolute Gasteiger partial charge is 0.454 e. The Morgan fingerprint density at radius 3 is 2.67 bits per heavy atom. The molecule has 3 aromatic rings. The number of sulfonamides is 1. The predicted octanol–water partition coefficient (Wildman–Crippen LogP) is 4.38. The van der Waals surface area contributed by atoms with E-state index in [9.17, 15) is 8.42 Å². The topological polar surface area (TPSA) is 77.0 Å². The summed E-state index contributed by atoms with van der Waals surface area (Å²) in [6.07, 6.45) is 0. The van der Waals surface area contributed by atoms with Gasteiger partial charge < -0.3 is 14.8 Å². The first-order chi connectivity index (χ1) is 13.0. The monoisotopic (exact) mass is 420 g/mol. The second-order valence-electron chi connectivity index (χ2n) is 5.52. The number of benzene rings is 2. The maximum Gasteiger partial charge on any atom is 0.293 e. The minimum Gasteiger partial charge on any atom is -0.454 e. The van der Waals surface area contributed by atoms with E-state index in [-0.39, 0.29) is 16.8 Å². The zero-order valence-electron chi connectivity index (χ0n) is 13.8. The van der Waals surface area contributed by atoms with Gasteiger partial charge in [0.15, 0.2) is 17.3 Å². The summed E-state index contributed by atoms with van der Waals surface area (Å²) in [5.74, 6) is 1.32. The number of ether oxygens (including phenoxy) is 2. The Kier molecular flexibility index (Phi) is 4.77. The summed E-state index contributed by atoms with van der Waals surface area (Å²) >= 11 is 7.38. The average Bonchev–Trinajstić information content (AvgIpc) is 3.33. The zero-order chi connectivity index (χ0) is 18.9. The highest BCUT2D eigenvalue weighted by Crippen LogP contribution is 2.34. The number of hydrogen-bond donors (Lipinski definition) is 1. The van der Waals surface area contributed by atoms with Crippen molar-refractivity contribution in [3.05, 3.63) is 70.6 Å². The van der Waals surface area contributed by atoms with Crippen molar-refractivity contribution in [2.24, 2.45) is 4.40 Å². The molecular weight excluding hydrogens is 408 g/mol. The fourth-order valence-corrected chi connectivity index (χ4v) is 4.64. The van der Waals surface area contributed by atoms with Crippen LogP contribution >= 0.6 is 22.9 Å². The lowest BCUT2D eigenvalue weighted by atomic mass is 10.2. The Labute approximate surface area is 165 Å². The molecule has 2 heterocycles. The predicted molar refractivity (Wildman–Crippen MR) is 106 cm³/mol. The molecule has 4 rings (SSSR count). The number of fused-ring (bicyclic) bond motifs is 1. The molecule has 1 N–H and O–H groups in total. The highest BCUT2D eigenvalue weighted by Gasteiger charge is 2.19. The highest BCUT2D eigenvalue weighted by atomic mass is 35.5. The summed E-state index contributed by atoms with van der Waals surface area (Å²) in [6.45, 7) is 0.150. The van der Waals surface area contributed by atoms with E-state index in [1.54, 1.807) is 53.9 Å². The van der Waals surface area contributed by atoms with Crippen LogP contribution in [-0.4, -0.2) is 21.0 Å². The van der Waals surface area contributed by atoms with Gasteiger partial charge in [-0.2, -0.15) is 8.42 Å². The molecule has 1 aliphatic rings. The number of amidine groups is 1. The first kappa shape index (κ1) is 17.8. The molecule has 1 aromatic heterocycles. The van der Waals surface area contributed by atoms with Gasteiger partial charge in [-0.15, -0.1) is 15.7 Å². The Bertz CT molecular complexity index is 1110. The van der Waals surface area contributed by atoms with E-state index in [1.165, 1.54) is 6.07 Å². The van der Waals surface area contributed by atoms with Gasteiger partial charge in [0.25, 0.3) is 10.0 Å². The van der Waals surface area contributed by atoms with Crippen LogP contribution in [0.4, 0.5) is 5.69 Å². The summed E-state index contributed by atoms with van der Waals surface area (Å²) in [5.41, 5.74) is 1.07. The molecule has 0 saturated carbocycles. The smallest absolute Gasteiger partial charge is 0.293 e. The maximum absolute atomic E-state index is 12.7. The van der Waals surface area contributed by atoms with Crippen LogP contribution < -0.4 is 14.8 Å². The third-order valence-corrected chi connectivity index (χ3v) is 6.70. The number of nitrogens with zero attached hydrogens (tertiary/aromatic N) is 1. The molecule has 0 amide bonds. The van der Waals surface area contributed by atoms with Crippen molar-refractivity contribution in [1.82, 2.24) is 0 Å². The van der Waals surface area contributed by atoms with Crippen molar-refractivity contribution in [1.29, 1.82) is 0 Å². The van der Waals surface area contributed by atoms with Gasteiger partial charge >= 0.3 is 0 Å². The maximum atomic E-state index is 12.7. The van der Waals surface area contributed by atoms with Gasteiger partial charge in [0.1, 0.15) is 4.21 Å². The molecule has 0 bridgehead atoms. The Balaban J connectivity index is 1.77. The van der Waals surface area contributed by atoms with Crippen LogP contribution in [0.25, 0.3) is 0 Å². The van der Waals surface area contributed by atoms with Crippen LogP contribution in [0.2, 0.25) is 5.02 Å². The van der Waals surface area contributed by atoms with Gasteiger partial charge in [-0.25, -0.2) is 0 Å². The zero-order valence-corrected chi connectivity index (χ0v) is 16.1.